The lowest BCUT2D eigenvalue weighted by Crippen LogP contribution is -2.25. The molecule has 0 unspecified atom stereocenters. The second-order valence-electron chi connectivity index (χ2n) is 4.66. The summed E-state index contributed by atoms with van der Waals surface area (Å²) in [5.41, 5.74) is 1.68. The van der Waals surface area contributed by atoms with E-state index in [0.717, 1.165) is 16.0 Å². The monoisotopic (exact) mass is 363 g/mol. The third-order valence-electron chi connectivity index (χ3n) is 3.13. The van der Waals surface area contributed by atoms with Crippen LogP contribution in [0.15, 0.2) is 34.5 Å². The molecule has 0 spiro atoms. The normalized spacial score (nSPS) is 12.0. The fourth-order valence-electron chi connectivity index (χ4n) is 1.85. The standard InChI is InChI=1S/C14H15Cl2NO2S2/c1-10-7-14(20-13(10)8-15)21(18,19)17(2)9-11-5-3-4-6-12(11)16/h3-7H,8-9H2,1-2H3. The van der Waals surface area contributed by atoms with Crippen molar-refractivity contribution in [1.82, 2.24) is 4.31 Å². The maximum atomic E-state index is 12.6. The van der Waals surface area contributed by atoms with Gasteiger partial charge < -0.3 is 0 Å². The van der Waals surface area contributed by atoms with E-state index in [0.29, 0.717) is 15.1 Å². The van der Waals surface area contributed by atoms with E-state index in [1.807, 2.05) is 25.1 Å². The van der Waals surface area contributed by atoms with Gasteiger partial charge in [-0.3, -0.25) is 0 Å². The molecule has 0 amide bonds. The van der Waals surface area contributed by atoms with Crippen LogP contribution < -0.4 is 0 Å². The summed E-state index contributed by atoms with van der Waals surface area (Å²) < 4.78 is 26.8. The number of rotatable bonds is 5. The lowest BCUT2D eigenvalue weighted by Gasteiger charge is -2.16. The Hall–Kier alpha value is -0.590. The van der Waals surface area contributed by atoms with Crippen LogP contribution in [0.2, 0.25) is 5.02 Å². The van der Waals surface area contributed by atoms with Crippen LogP contribution in [-0.4, -0.2) is 19.8 Å². The van der Waals surface area contributed by atoms with Crippen LogP contribution in [0.25, 0.3) is 0 Å². The number of benzene rings is 1. The molecule has 1 aromatic heterocycles. The molecular weight excluding hydrogens is 349 g/mol. The number of thiophene rings is 1. The summed E-state index contributed by atoms with van der Waals surface area (Å²) in [6.07, 6.45) is 0. The SMILES string of the molecule is Cc1cc(S(=O)(=O)N(C)Cc2ccccc2Cl)sc1CCl. The van der Waals surface area contributed by atoms with Crippen LogP contribution >= 0.6 is 34.5 Å². The highest BCUT2D eigenvalue weighted by molar-refractivity contribution is 7.91. The maximum absolute atomic E-state index is 12.6. The van der Waals surface area contributed by atoms with Gasteiger partial charge in [-0.05, 0) is 30.2 Å². The van der Waals surface area contributed by atoms with E-state index >= 15 is 0 Å². The summed E-state index contributed by atoms with van der Waals surface area (Å²) in [5, 5.41) is 0.559. The molecule has 114 valence electrons. The number of sulfonamides is 1. The first-order chi connectivity index (χ1) is 9.86. The number of hydrogen-bond donors (Lipinski definition) is 0. The molecule has 1 heterocycles. The van der Waals surface area contributed by atoms with E-state index in [1.54, 1.807) is 19.2 Å². The fourth-order valence-corrected chi connectivity index (χ4v) is 5.22. The molecule has 2 rings (SSSR count). The van der Waals surface area contributed by atoms with Gasteiger partial charge in [-0.1, -0.05) is 29.8 Å². The number of hydrogen-bond acceptors (Lipinski definition) is 3. The van der Waals surface area contributed by atoms with Gasteiger partial charge in [0.2, 0.25) is 0 Å². The lowest BCUT2D eigenvalue weighted by atomic mass is 10.2. The zero-order valence-corrected chi connectivity index (χ0v) is 14.8. The van der Waals surface area contributed by atoms with Crippen LogP contribution in [0.4, 0.5) is 0 Å². The van der Waals surface area contributed by atoms with Gasteiger partial charge in [0.1, 0.15) is 4.21 Å². The highest BCUT2D eigenvalue weighted by Crippen LogP contribution is 2.30. The highest BCUT2D eigenvalue weighted by Gasteiger charge is 2.24. The number of nitrogens with zero attached hydrogens (tertiary/aromatic N) is 1. The Kier molecular flexibility index (Phi) is 5.33. The van der Waals surface area contributed by atoms with E-state index in [-0.39, 0.29) is 6.54 Å². The van der Waals surface area contributed by atoms with Crippen molar-refractivity contribution in [2.75, 3.05) is 7.05 Å². The highest BCUT2D eigenvalue weighted by atomic mass is 35.5. The molecule has 7 heteroatoms. The zero-order valence-electron chi connectivity index (χ0n) is 11.6. The minimum Gasteiger partial charge on any atom is -0.206 e. The maximum Gasteiger partial charge on any atom is 0.252 e. The summed E-state index contributed by atoms with van der Waals surface area (Å²) in [7, 11) is -1.98. The van der Waals surface area contributed by atoms with E-state index in [9.17, 15) is 8.42 Å². The Morgan fingerprint density at radius 2 is 1.95 bits per heavy atom. The molecule has 3 nitrogen and oxygen atoms in total. The third-order valence-corrected chi connectivity index (χ3v) is 7.42. The lowest BCUT2D eigenvalue weighted by molar-refractivity contribution is 0.468. The van der Waals surface area contributed by atoms with Crippen molar-refractivity contribution in [1.29, 1.82) is 0 Å². The summed E-state index contributed by atoms with van der Waals surface area (Å²) in [5.74, 6) is 0.320. The van der Waals surface area contributed by atoms with Crippen molar-refractivity contribution in [2.45, 2.75) is 23.6 Å². The van der Waals surface area contributed by atoms with E-state index in [2.05, 4.69) is 0 Å². The Balaban J connectivity index is 2.28. The van der Waals surface area contributed by atoms with Gasteiger partial charge >= 0.3 is 0 Å². The van der Waals surface area contributed by atoms with Gasteiger partial charge in [0.25, 0.3) is 10.0 Å². The van der Waals surface area contributed by atoms with Crippen molar-refractivity contribution in [3.05, 3.63) is 51.4 Å². The van der Waals surface area contributed by atoms with Gasteiger partial charge in [0.15, 0.2) is 0 Å². The molecular formula is C14H15Cl2NO2S2. The Morgan fingerprint density at radius 3 is 2.52 bits per heavy atom. The van der Waals surface area contributed by atoms with Crippen LogP contribution in [0, 0.1) is 6.92 Å². The van der Waals surface area contributed by atoms with Crippen molar-refractivity contribution >= 4 is 44.6 Å². The number of halogens is 2. The fraction of sp³-hybridized carbons (Fsp3) is 0.286. The minimum absolute atomic E-state index is 0.231. The van der Waals surface area contributed by atoms with Gasteiger partial charge in [-0.25, -0.2) is 8.42 Å². The second-order valence-corrected chi connectivity index (χ2v) is 8.74. The van der Waals surface area contributed by atoms with Crippen LogP contribution in [0.5, 0.6) is 0 Å². The van der Waals surface area contributed by atoms with Gasteiger partial charge in [-0.2, -0.15) is 4.31 Å². The molecule has 0 aliphatic rings. The predicted molar refractivity (Wildman–Crippen MR) is 88.7 cm³/mol. The number of aryl methyl sites for hydroxylation is 1. The Morgan fingerprint density at radius 1 is 1.29 bits per heavy atom. The zero-order chi connectivity index (χ0) is 15.6. The molecule has 0 radical (unpaired) electrons. The molecule has 0 saturated carbocycles. The first kappa shape index (κ1) is 16.8. The van der Waals surface area contributed by atoms with Crippen molar-refractivity contribution < 1.29 is 8.42 Å². The number of alkyl halides is 1. The summed E-state index contributed by atoms with van der Waals surface area (Å²) in [4.78, 5) is 0.876. The van der Waals surface area contributed by atoms with Gasteiger partial charge in [0, 0.05) is 23.5 Å². The van der Waals surface area contributed by atoms with E-state index < -0.39 is 10.0 Å². The molecule has 0 N–H and O–H groups in total. The van der Waals surface area contributed by atoms with E-state index in [4.69, 9.17) is 23.2 Å². The Labute approximate surface area is 139 Å². The molecule has 0 bridgehead atoms. The van der Waals surface area contributed by atoms with Gasteiger partial charge in [-0.15, -0.1) is 22.9 Å². The van der Waals surface area contributed by atoms with E-state index in [1.165, 1.54) is 15.6 Å². The van der Waals surface area contributed by atoms with Crippen molar-refractivity contribution in [3.8, 4) is 0 Å². The average Bonchev–Trinajstić information content (AvgIpc) is 2.83. The van der Waals surface area contributed by atoms with Crippen LogP contribution in [-0.2, 0) is 22.4 Å². The average molecular weight is 364 g/mol. The molecule has 0 aliphatic heterocycles. The first-order valence-electron chi connectivity index (χ1n) is 6.21. The van der Waals surface area contributed by atoms with Gasteiger partial charge in [0.05, 0.1) is 5.88 Å². The van der Waals surface area contributed by atoms with Crippen LogP contribution in [0.3, 0.4) is 0 Å². The smallest absolute Gasteiger partial charge is 0.206 e. The first-order valence-corrected chi connectivity index (χ1v) is 9.38. The molecule has 2 aromatic rings. The minimum atomic E-state index is -3.53. The topological polar surface area (TPSA) is 37.4 Å². The van der Waals surface area contributed by atoms with Crippen molar-refractivity contribution in [3.63, 3.8) is 0 Å². The predicted octanol–water partition coefficient (Wildman–Crippen LogP) is 4.27. The summed E-state index contributed by atoms with van der Waals surface area (Å²) in [6, 6.07) is 8.88. The molecule has 0 aliphatic carbocycles. The molecule has 0 saturated heterocycles. The van der Waals surface area contributed by atoms with Crippen LogP contribution in [0.1, 0.15) is 16.0 Å². The Bertz CT molecular complexity index is 741. The molecule has 21 heavy (non-hydrogen) atoms. The molecule has 1 aromatic carbocycles. The largest absolute Gasteiger partial charge is 0.252 e. The molecule has 0 fully saturated rings. The van der Waals surface area contributed by atoms with Crippen molar-refractivity contribution in [2.24, 2.45) is 0 Å². The summed E-state index contributed by atoms with van der Waals surface area (Å²) >= 11 is 13.1. The summed E-state index contributed by atoms with van der Waals surface area (Å²) in [6.45, 7) is 2.09. The second kappa shape index (κ2) is 6.67. The molecule has 0 atom stereocenters. The third kappa shape index (κ3) is 3.60. The quantitative estimate of drug-likeness (QED) is 0.743.